The summed E-state index contributed by atoms with van der Waals surface area (Å²) in [6.07, 6.45) is -4.57. The third-order valence-corrected chi connectivity index (χ3v) is 8.89. The number of nitriles is 1. The van der Waals surface area contributed by atoms with E-state index in [1.165, 1.54) is 12.1 Å². The monoisotopic (exact) mass is 605 g/mol. The minimum atomic E-state index is -4.57. The van der Waals surface area contributed by atoms with Crippen LogP contribution in [0.5, 0.6) is 0 Å². The molecule has 3 nitrogen and oxygen atoms in total. The molecule has 0 N–H and O–H groups in total. The van der Waals surface area contributed by atoms with E-state index in [2.05, 4.69) is 30.3 Å². The molecule has 0 unspecified atom stereocenters. The lowest BCUT2D eigenvalue weighted by Crippen LogP contribution is -2.09. The summed E-state index contributed by atoms with van der Waals surface area (Å²) >= 11 is 0. The van der Waals surface area contributed by atoms with E-state index in [1.807, 2.05) is 83.6 Å². The number of aromatic nitrogens is 2. The highest BCUT2D eigenvalue weighted by Crippen LogP contribution is 2.43. The lowest BCUT2D eigenvalue weighted by Gasteiger charge is -2.20. The topological polar surface area (TPSA) is 33.6 Å². The van der Waals surface area contributed by atoms with Crippen LogP contribution in [0.3, 0.4) is 0 Å². The highest BCUT2D eigenvalue weighted by Gasteiger charge is 2.34. The van der Waals surface area contributed by atoms with Gasteiger partial charge in [-0.25, -0.2) is 0 Å². The van der Waals surface area contributed by atoms with Crippen molar-refractivity contribution in [1.82, 2.24) is 9.13 Å². The fraction of sp³-hybridized carbons (Fsp3) is 0.0750. The van der Waals surface area contributed by atoms with Crippen molar-refractivity contribution in [2.75, 3.05) is 0 Å². The molecule has 0 aliphatic carbocycles. The van der Waals surface area contributed by atoms with Gasteiger partial charge in [0.2, 0.25) is 0 Å². The highest BCUT2D eigenvalue weighted by molar-refractivity contribution is 6.11. The zero-order valence-corrected chi connectivity index (χ0v) is 25.0. The molecule has 0 spiro atoms. The fourth-order valence-electron chi connectivity index (χ4n) is 6.90. The van der Waals surface area contributed by atoms with Crippen LogP contribution in [0.1, 0.15) is 22.3 Å². The summed E-state index contributed by atoms with van der Waals surface area (Å²) < 4.78 is 47.5. The summed E-state index contributed by atoms with van der Waals surface area (Å²) in [5.74, 6) is 0. The summed E-state index contributed by atoms with van der Waals surface area (Å²) in [5, 5.41) is 15.0. The van der Waals surface area contributed by atoms with E-state index < -0.39 is 11.7 Å². The Hall–Kier alpha value is -5.80. The predicted molar refractivity (Wildman–Crippen MR) is 180 cm³/mol. The maximum atomic E-state index is 14.5. The van der Waals surface area contributed by atoms with Gasteiger partial charge in [0.15, 0.2) is 0 Å². The van der Waals surface area contributed by atoms with Gasteiger partial charge in [-0.3, -0.25) is 0 Å². The van der Waals surface area contributed by atoms with Gasteiger partial charge in [0, 0.05) is 21.5 Å². The number of hydrogen-bond donors (Lipinski definition) is 0. The first-order valence-electron chi connectivity index (χ1n) is 15.0. The Kier molecular flexibility index (Phi) is 6.10. The molecule has 0 saturated carbocycles. The lowest BCUT2D eigenvalue weighted by atomic mass is 9.96. The van der Waals surface area contributed by atoms with E-state index in [9.17, 15) is 18.4 Å². The predicted octanol–water partition coefficient (Wildman–Crippen LogP) is 11.1. The summed E-state index contributed by atoms with van der Waals surface area (Å²) in [5.41, 5.74) is 6.64. The molecule has 2 aromatic heterocycles. The summed E-state index contributed by atoms with van der Waals surface area (Å²) in [6, 6.07) is 39.8. The van der Waals surface area contributed by atoms with Gasteiger partial charge in [0.1, 0.15) is 11.6 Å². The van der Waals surface area contributed by atoms with Crippen LogP contribution < -0.4 is 0 Å². The minimum Gasteiger partial charge on any atom is -0.308 e. The van der Waals surface area contributed by atoms with Crippen molar-refractivity contribution in [2.45, 2.75) is 20.0 Å². The molecular weight excluding hydrogens is 579 g/mol. The molecule has 8 rings (SSSR count). The third kappa shape index (κ3) is 4.13. The molecule has 222 valence electrons. The quantitative estimate of drug-likeness (QED) is 0.197. The van der Waals surface area contributed by atoms with Crippen molar-refractivity contribution in [3.8, 4) is 28.6 Å². The number of aryl methyl sites for hydroxylation is 2. The van der Waals surface area contributed by atoms with Crippen LogP contribution in [-0.4, -0.2) is 9.13 Å². The highest BCUT2D eigenvalue weighted by atomic mass is 19.4. The third-order valence-electron chi connectivity index (χ3n) is 8.89. The van der Waals surface area contributed by atoms with Crippen LogP contribution in [0.15, 0.2) is 121 Å². The van der Waals surface area contributed by atoms with Crippen LogP contribution in [-0.2, 0) is 6.18 Å². The number of nitrogens with zero attached hydrogens (tertiary/aromatic N) is 3. The molecule has 8 aromatic rings. The SMILES string of the molecule is Cc1ccc2c3ccccc3n(-c3cc(-c4ccccc4C(F)(F)F)cc(-n4c5ccccc5c5ccc(C)cc54)c3C#N)c2c1. The van der Waals surface area contributed by atoms with E-state index in [0.717, 1.165) is 60.8 Å². The molecule has 6 aromatic carbocycles. The molecule has 46 heavy (non-hydrogen) atoms. The van der Waals surface area contributed by atoms with Gasteiger partial charge >= 0.3 is 6.18 Å². The van der Waals surface area contributed by atoms with E-state index in [0.29, 0.717) is 22.5 Å². The molecule has 0 saturated heterocycles. The first-order chi connectivity index (χ1) is 22.2. The molecular formula is C40H26F3N3. The smallest absolute Gasteiger partial charge is 0.308 e. The Balaban J connectivity index is 1.59. The van der Waals surface area contributed by atoms with Crippen LogP contribution in [0.2, 0.25) is 0 Å². The van der Waals surface area contributed by atoms with Crippen LogP contribution in [0.4, 0.5) is 13.2 Å². The Morgan fingerprint density at radius 2 is 1.00 bits per heavy atom. The largest absolute Gasteiger partial charge is 0.417 e. The van der Waals surface area contributed by atoms with Gasteiger partial charge in [-0.15, -0.1) is 0 Å². The average Bonchev–Trinajstić information content (AvgIpc) is 3.55. The number of fused-ring (bicyclic) bond motifs is 6. The molecule has 0 aliphatic rings. The molecule has 0 aliphatic heterocycles. The molecule has 0 bridgehead atoms. The van der Waals surface area contributed by atoms with Crippen LogP contribution in [0, 0.1) is 25.2 Å². The number of benzene rings is 6. The Labute approximate surface area is 263 Å². The Morgan fingerprint density at radius 1 is 0.543 bits per heavy atom. The van der Waals surface area contributed by atoms with Crippen molar-refractivity contribution in [3.63, 3.8) is 0 Å². The van der Waals surface area contributed by atoms with Crippen molar-refractivity contribution in [1.29, 1.82) is 5.26 Å². The van der Waals surface area contributed by atoms with Crippen molar-refractivity contribution < 1.29 is 13.2 Å². The normalized spacial score (nSPS) is 12.0. The van der Waals surface area contributed by atoms with E-state index in [1.54, 1.807) is 18.2 Å². The number of para-hydroxylation sites is 2. The molecule has 6 heteroatoms. The van der Waals surface area contributed by atoms with Gasteiger partial charge < -0.3 is 9.13 Å². The summed E-state index contributed by atoms with van der Waals surface area (Å²) in [7, 11) is 0. The van der Waals surface area contributed by atoms with E-state index in [-0.39, 0.29) is 5.56 Å². The van der Waals surface area contributed by atoms with Crippen molar-refractivity contribution in [2.24, 2.45) is 0 Å². The van der Waals surface area contributed by atoms with Gasteiger partial charge in [0.05, 0.1) is 39.0 Å². The average molecular weight is 606 g/mol. The Bertz CT molecular complexity index is 2420. The zero-order chi connectivity index (χ0) is 31.7. The van der Waals surface area contributed by atoms with Crippen LogP contribution >= 0.6 is 0 Å². The second kappa shape index (κ2) is 10.1. The Morgan fingerprint density at radius 3 is 1.50 bits per heavy atom. The molecule has 0 radical (unpaired) electrons. The maximum absolute atomic E-state index is 14.5. The molecule has 0 atom stereocenters. The van der Waals surface area contributed by atoms with Gasteiger partial charge in [-0.05, 0) is 78.6 Å². The zero-order valence-electron chi connectivity index (χ0n) is 25.0. The van der Waals surface area contributed by atoms with E-state index in [4.69, 9.17) is 0 Å². The first kappa shape index (κ1) is 27.7. The van der Waals surface area contributed by atoms with Crippen LogP contribution in [0.25, 0.3) is 66.1 Å². The van der Waals surface area contributed by atoms with Gasteiger partial charge in [0.25, 0.3) is 0 Å². The lowest BCUT2D eigenvalue weighted by molar-refractivity contribution is -0.137. The first-order valence-corrected chi connectivity index (χ1v) is 15.0. The number of hydrogen-bond acceptors (Lipinski definition) is 1. The summed E-state index contributed by atoms with van der Waals surface area (Å²) in [4.78, 5) is 0. The van der Waals surface area contributed by atoms with Gasteiger partial charge in [-0.2, -0.15) is 18.4 Å². The number of rotatable bonds is 3. The maximum Gasteiger partial charge on any atom is 0.417 e. The fourth-order valence-corrected chi connectivity index (χ4v) is 6.90. The molecule has 2 heterocycles. The minimum absolute atomic E-state index is 0.0517. The number of halogens is 3. The second-order valence-corrected chi connectivity index (χ2v) is 11.8. The summed E-state index contributed by atoms with van der Waals surface area (Å²) in [6.45, 7) is 4.02. The number of alkyl halides is 3. The van der Waals surface area contributed by atoms with Crippen molar-refractivity contribution in [3.05, 3.63) is 144 Å². The molecule has 0 amide bonds. The van der Waals surface area contributed by atoms with E-state index >= 15 is 0 Å². The molecule has 0 fully saturated rings. The van der Waals surface area contributed by atoms with Gasteiger partial charge in [-0.1, -0.05) is 78.9 Å². The second-order valence-electron chi connectivity index (χ2n) is 11.8. The standard InChI is InChI=1S/C40H26F3N3/c1-24-15-17-30-28-10-4-7-13-34(28)45(36(30)19-24)38-21-26(27-9-3-6-12-33(27)40(41,42)43)22-39(32(38)23-44)46-35-14-8-5-11-29(35)31-18-16-25(2)20-37(31)46/h3-22H,1-2H3. The van der Waals surface area contributed by atoms with Crippen molar-refractivity contribution >= 4 is 43.6 Å².